The Morgan fingerprint density at radius 3 is 2.86 bits per heavy atom. The number of ether oxygens (including phenoxy) is 1. The van der Waals surface area contributed by atoms with Crippen LogP contribution in [0.15, 0.2) is 48.8 Å². The second kappa shape index (κ2) is 6.58. The van der Waals surface area contributed by atoms with Gasteiger partial charge in [-0.1, -0.05) is 6.07 Å². The van der Waals surface area contributed by atoms with Crippen molar-refractivity contribution in [1.29, 1.82) is 0 Å². The first-order valence-corrected chi connectivity index (χ1v) is 7.43. The summed E-state index contributed by atoms with van der Waals surface area (Å²) in [5.74, 6) is 1.41. The number of nitrogens with one attached hydrogen (secondary N) is 1. The summed E-state index contributed by atoms with van der Waals surface area (Å²) in [5, 5.41) is 3.34. The van der Waals surface area contributed by atoms with Crippen LogP contribution in [0.5, 0.6) is 11.5 Å². The van der Waals surface area contributed by atoms with Crippen molar-refractivity contribution in [2.75, 3.05) is 19.6 Å². The van der Waals surface area contributed by atoms with Crippen molar-refractivity contribution in [3.63, 3.8) is 0 Å². The summed E-state index contributed by atoms with van der Waals surface area (Å²) >= 11 is 0. The van der Waals surface area contributed by atoms with Crippen LogP contribution < -0.4 is 10.1 Å². The fourth-order valence-corrected chi connectivity index (χ4v) is 2.53. The summed E-state index contributed by atoms with van der Waals surface area (Å²) in [6.45, 7) is 4.38. The number of carbonyl (C=O) groups excluding carboxylic acids is 1. The van der Waals surface area contributed by atoms with Crippen LogP contribution in [0, 0.1) is 0 Å². The van der Waals surface area contributed by atoms with E-state index in [0.717, 1.165) is 19.6 Å². The van der Waals surface area contributed by atoms with Gasteiger partial charge >= 0.3 is 0 Å². The third kappa shape index (κ3) is 3.43. The Hall–Kier alpha value is -2.40. The first kappa shape index (κ1) is 14.5. The molecule has 1 saturated heterocycles. The van der Waals surface area contributed by atoms with E-state index >= 15 is 0 Å². The predicted octanol–water partition coefficient (Wildman–Crippen LogP) is 2.31. The fraction of sp³-hybridized carbons (Fsp3) is 0.294. The molecule has 1 atom stereocenters. The third-order valence-corrected chi connectivity index (χ3v) is 3.62. The van der Waals surface area contributed by atoms with Gasteiger partial charge in [0.05, 0.1) is 0 Å². The van der Waals surface area contributed by atoms with Crippen molar-refractivity contribution in [3.8, 4) is 11.5 Å². The van der Waals surface area contributed by atoms with Gasteiger partial charge in [-0.05, 0) is 37.3 Å². The molecule has 0 aliphatic carbocycles. The molecule has 5 heteroatoms. The van der Waals surface area contributed by atoms with Gasteiger partial charge in [-0.25, -0.2) is 0 Å². The van der Waals surface area contributed by atoms with E-state index in [9.17, 15) is 4.79 Å². The molecular formula is C17H19N3O2. The number of hydrogen-bond donors (Lipinski definition) is 1. The second-order valence-corrected chi connectivity index (χ2v) is 5.42. The van der Waals surface area contributed by atoms with Gasteiger partial charge in [-0.2, -0.15) is 0 Å². The highest BCUT2D eigenvalue weighted by Crippen LogP contribution is 2.22. The highest BCUT2D eigenvalue weighted by atomic mass is 16.5. The van der Waals surface area contributed by atoms with Gasteiger partial charge in [0.15, 0.2) is 0 Å². The molecule has 1 aliphatic rings. The fourth-order valence-electron chi connectivity index (χ4n) is 2.53. The smallest absolute Gasteiger partial charge is 0.254 e. The maximum atomic E-state index is 12.6. The molecule has 1 aliphatic heterocycles. The Kier molecular flexibility index (Phi) is 4.34. The van der Waals surface area contributed by atoms with Crippen molar-refractivity contribution in [1.82, 2.24) is 15.2 Å². The Balaban J connectivity index is 1.74. The molecule has 2 aromatic rings. The molecule has 1 N–H and O–H groups in total. The summed E-state index contributed by atoms with van der Waals surface area (Å²) in [5.41, 5.74) is 0.653. The first-order chi connectivity index (χ1) is 10.7. The third-order valence-electron chi connectivity index (χ3n) is 3.62. The van der Waals surface area contributed by atoms with E-state index < -0.39 is 0 Å². The lowest BCUT2D eigenvalue weighted by Crippen LogP contribution is -2.51. The van der Waals surface area contributed by atoms with Crippen LogP contribution in [0.2, 0.25) is 0 Å². The largest absolute Gasteiger partial charge is 0.457 e. The summed E-state index contributed by atoms with van der Waals surface area (Å²) < 4.78 is 5.75. The topological polar surface area (TPSA) is 54.5 Å². The molecule has 1 aromatic heterocycles. The highest BCUT2D eigenvalue weighted by molar-refractivity contribution is 5.94. The normalized spacial score (nSPS) is 18.0. The number of benzene rings is 1. The van der Waals surface area contributed by atoms with E-state index in [2.05, 4.69) is 17.2 Å². The van der Waals surface area contributed by atoms with Crippen LogP contribution in [0.25, 0.3) is 0 Å². The van der Waals surface area contributed by atoms with Gasteiger partial charge in [-0.15, -0.1) is 0 Å². The maximum Gasteiger partial charge on any atom is 0.254 e. The van der Waals surface area contributed by atoms with Gasteiger partial charge in [0, 0.05) is 43.6 Å². The SMILES string of the molecule is CC1CN(C(=O)c2cccc(Oc3ccncc3)c2)CCN1. The van der Waals surface area contributed by atoms with Crippen LogP contribution in [-0.4, -0.2) is 41.5 Å². The molecule has 22 heavy (non-hydrogen) atoms. The Morgan fingerprint density at radius 1 is 1.27 bits per heavy atom. The minimum Gasteiger partial charge on any atom is -0.457 e. The average Bonchev–Trinajstić information content (AvgIpc) is 2.55. The molecule has 0 saturated carbocycles. The van der Waals surface area contributed by atoms with Gasteiger partial charge in [-0.3, -0.25) is 9.78 Å². The zero-order valence-corrected chi connectivity index (χ0v) is 12.5. The van der Waals surface area contributed by atoms with Crippen molar-refractivity contribution < 1.29 is 9.53 Å². The van der Waals surface area contributed by atoms with E-state index in [4.69, 9.17) is 4.74 Å². The summed E-state index contributed by atoms with van der Waals surface area (Å²) in [6, 6.07) is 11.2. The maximum absolute atomic E-state index is 12.6. The first-order valence-electron chi connectivity index (χ1n) is 7.43. The van der Waals surface area contributed by atoms with Crippen LogP contribution in [-0.2, 0) is 0 Å². The van der Waals surface area contributed by atoms with Crippen LogP contribution in [0.4, 0.5) is 0 Å². The van der Waals surface area contributed by atoms with Gasteiger partial charge < -0.3 is 15.0 Å². The summed E-state index contributed by atoms with van der Waals surface area (Å²) in [4.78, 5) is 18.4. The molecule has 0 spiro atoms. The van der Waals surface area contributed by atoms with E-state index in [-0.39, 0.29) is 5.91 Å². The number of aromatic nitrogens is 1. The van der Waals surface area contributed by atoms with Crippen molar-refractivity contribution >= 4 is 5.91 Å². The van der Waals surface area contributed by atoms with Crippen LogP contribution in [0.3, 0.4) is 0 Å². The Labute approximate surface area is 129 Å². The number of pyridine rings is 1. The number of hydrogen-bond acceptors (Lipinski definition) is 4. The predicted molar refractivity (Wildman–Crippen MR) is 84.1 cm³/mol. The molecule has 114 valence electrons. The molecule has 1 fully saturated rings. The standard InChI is InChI=1S/C17H19N3O2/c1-13-12-20(10-9-19-13)17(21)14-3-2-4-16(11-14)22-15-5-7-18-8-6-15/h2-8,11,13,19H,9-10,12H2,1H3. The molecule has 2 heterocycles. The van der Waals surface area contributed by atoms with E-state index in [1.54, 1.807) is 30.6 Å². The monoisotopic (exact) mass is 297 g/mol. The van der Waals surface area contributed by atoms with Gasteiger partial charge in [0.1, 0.15) is 11.5 Å². The van der Waals surface area contributed by atoms with E-state index in [0.29, 0.717) is 23.1 Å². The molecule has 5 nitrogen and oxygen atoms in total. The minimum absolute atomic E-state index is 0.0496. The number of piperazine rings is 1. The number of nitrogens with zero attached hydrogens (tertiary/aromatic N) is 2. The number of rotatable bonds is 3. The van der Waals surface area contributed by atoms with E-state index in [1.807, 2.05) is 23.1 Å². The van der Waals surface area contributed by atoms with Crippen LogP contribution >= 0.6 is 0 Å². The number of carbonyl (C=O) groups is 1. The zero-order chi connectivity index (χ0) is 15.4. The Bertz CT molecular complexity index is 645. The van der Waals surface area contributed by atoms with Crippen LogP contribution in [0.1, 0.15) is 17.3 Å². The molecule has 1 aromatic carbocycles. The van der Waals surface area contributed by atoms with E-state index in [1.165, 1.54) is 0 Å². The quantitative estimate of drug-likeness (QED) is 0.944. The van der Waals surface area contributed by atoms with Gasteiger partial charge in [0.2, 0.25) is 0 Å². The summed E-state index contributed by atoms with van der Waals surface area (Å²) in [7, 11) is 0. The molecule has 1 unspecified atom stereocenters. The van der Waals surface area contributed by atoms with Crippen molar-refractivity contribution in [2.24, 2.45) is 0 Å². The summed E-state index contributed by atoms with van der Waals surface area (Å²) in [6.07, 6.45) is 3.35. The lowest BCUT2D eigenvalue weighted by atomic mass is 10.1. The molecular weight excluding hydrogens is 278 g/mol. The lowest BCUT2D eigenvalue weighted by molar-refractivity contribution is 0.0709. The molecule has 3 rings (SSSR count). The molecule has 1 amide bonds. The second-order valence-electron chi connectivity index (χ2n) is 5.42. The lowest BCUT2D eigenvalue weighted by Gasteiger charge is -2.32. The Morgan fingerprint density at radius 2 is 2.09 bits per heavy atom. The zero-order valence-electron chi connectivity index (χ0n) is 12.5. The van der Waals surface area contributed by atoms with Crippen molar-refractivity contribution in [3.05, 3.63) is 54.4 Å². The minimum atomic E-state index is 0.0496. The highest BCUT2D eigenvalue weighted by Gasteiger charge is 2.21. The van der Waals surface area contributed by atoms with Crippen molar-refractivity contribution in [2.45, 2.75) is 13.0 Å². The average molecular weight is 297 g/mol. The molecule has 0 radical (unpaired) electrons. The van der Waals surface area contributed by atoms with Gasteiger partial charge in [0.25, 0.3) is 5.91 Å². The molecule has 0 bridgehead atoms. The number of amides is 1.